The van der Waals surface area contributed by atoms with Crippen LogP contribution in [-0.2, 0) is 0 Å². The van der Waals surface area contributed by atoms with Crippen molar-refractivity contribution in [3.8, 4) is 0 Å². The monoisotopic (exact) mass is 165 g/mol. The van der Waals surface area contributed by atoms with Gasteiger partial charge < -0.3 is 10.2 Å². The molecule has 6 heteroatoms. The average Bonchev–Trinajstić information content (AvgIpc) is 2.14. The first kappa shape index (κ1) is 9.19. The van der Waals surface area contributed by atoms with Gasteiger partial charge in [-0.1, -0.05) is 0 Å². The van der Waals surface area contributed by atoms with Gasteiger partial charge in [-0.05, 0) is 6.92 Å². The Morgan fingerprint density at radius 3 is 2.60 bits per heavy atom. The van der Waals surface area contributed by atoms with Crippen LogP contribution in [0, 0.1) is 0 Å². The van der Waals surface area contributed by atoms with E-state index in [2.05, 4.69) is 14.6 Å². The van der Waals surface area contributed by atoms with Crippen LogP contribution in [0.25, 0.3) is 0 Å². The van der Waals surface area contributed by atoms with E-state index in [0.29, 0.717) is 0 Å². The largest absolute Gasteiger partial charge is 0.434 e. The molecule has 58 valence electrons. The standard InChI is InChI=1S/C4H7N3O2.ClH/c1-2(5)3-6-7-4(8)9-3;/h2H,5H2,1H3,(H,7,8);1H/t2-;/m1./s1. The summed E-state index contributed by atoms with van der Waals surface area (Å²) in [6.07, 6.45) is 0. The fourth-order valence-corrected chi connectivity index (χ4v) is 0.436. The van der Waals surface area contributed by atoms with E-state index in [1.165, 1.54) is 0 Å². The average molecular weight is 166 g/mol. The second-order valence-corrected chi connectivity index (χ2v) is 1.74. The fourth-order valence-electron chi connectivity index (χ4n) is 0.436. The first-order valence-electron chi connectivity index (χ1n) is 2.51. The molecule has 5 nitrogen and oxygen atoms in total. The molecule has 0 saturated heterocycles. The molecule has 0 unspecified atom stereocenters. The molecule has 10 heavy (non-hydrogen) atoms. The molecule has 0 amide bonds. The Balaban J connectivity index is 0.000000810. The predicted molar refractivity (Wildman–Crippen MR) is 37.0 cm³/mol. The van der Waals surface area contributed by atoms with Gasteiger partial charge in [-0.3, -0.25) is 0 Å². The second kappa shape index (κ2) is 3.38. The third-order valence-corrected chi connectivity index (χ3v) is 0.844. The van der Waals surface area contributed by atoms with Gasteiger partial charge >= 0.3 is 5.76 Å². The lowest BCUT2D eigenvalue weighted by Crippen LogP contribution is -2.05. The third-order valence-electron chi connectivity index (χ3n) is 0.844. The summed E-state index contributed by atoms with van der Waals surface area (Å²) in [5.74, 6) is -0.331. The summed E-state index contributed by atoms with van der Waals surface area (Å²) in [7, 11) is 0. The van der Waals surface area contributed by atoms with E-state index in [-0.39, 0.29) is 24.3 Å². The van der Waals surface area contributed by atoms with Gasteiger partial charge in [0.2, 0.25) is 5.89 Å². The highest BCUT2D eigenvalue weighted by atomic mass is 35.5. The van der Waals surface area contributed by atoms with Crippen molar-refractivity contribution in [3.63, 3.8) is 0 Å². The SMILES string of the molecule is C[C@@H](N)c1n[nH]c(=O)o1.Cl. The molecule has 0 radical (unpaired) electrons. The maximum Gasteiger partial charge on any atom is 0.434 e. The van der Waals surface area contributed by atoms with Crippen molar-refractivity contribution in [2.24, 2.45) is 5.73 Å². The highest BCUT2D eigenvalue weighted by molar-refractivity contribution is 5.85. The van der Waals surface area contributed by atoms with Crippen LogP contribution in [0.5, 0.6) is 0 Å². The molecule has 0 bridgehead atoms. The van der Waals surface area contributed by atoms with E-state index in [1.807, 2.05) is 0 Å². The van der Waals surface area contributed by atoms with Crippen LogP contribution < -0.4 is 11.5 Å². The zero-order valence-corrected chi connectivity index (χ0v) is 6.14. The minimum Gasteiger partial charge on any atom is -0.391 e. The van der Waals surface area contributed by atoms with Gasteiger partial charge in [-0.15, -0.1) is 17.5 Å². The molecule has 1 atom stereocenters. The van der Waals surface area contributed by atoms with E-state index in [4.69, 9.17) is 5.73 Å². The zero-order chi connectivity index (χ0) is 6.85. The number of nitrogens with two attached hydrogens (primary N) is 1. The Morgan fingerprint density at radius 1 is 1.80 bits per heavy atom. The van der Waals surface area contributed by atoms with Gasteiger partial charge in [0.1, 0.15) is 0 Å². The minimum absolute atomic E-state index is 0. The summed E-state index contributed by atoms with van der Waals surface area (Å²) in [5, 5.41) is 5.58. The van der Waals surface area contributed by atoms with Crippen molar-refractivity contribution < 1.29 is 4.42 Å². The number of halogens is 1. The van der Waals surface area contributed by atoms with Crippen molar-refractivity contribution in [1.29, 1.82) is 0 Å². The van der Waals surface area contributed by atoms with E-state index in [0.717, 1.165) is 0 Å². The normalized spacial score (nSPS) is 12.2. The van der Waals surface area contributed by atoms with Crippen molar-refractivity contribution in [2.45, 2.75) is 13.0 Å². The number of nitrogens with zero attached hydrogens (tertiary/aromatic N) is 1. The van der Waals surface area contributed by atoms with Crippen molar-refractivity contribution in [2.75, 3.05) is 0 Å². The smallest absolute Gasteiger partial charge is 0.391 e. The first-order chi connectivity index (χ1) is 4.20. The molecule has 0 fully saturated rings. The van der Waals surface area contributed by atoms with E-state index < -0.39 is 5.76 Å². The lowest BCUT2D eigenvalue weighted by Gasteiger charge is -1.91. The molecular weight excluding hydrogens is 158 g/mol. The lowest BCUT2D eigenvalue weighted by atomic mass is 10.4. The third kappa shape index (κ3) is 1.85. The Kier molecular flexibility index (Phi) is 3.11. The maximum atomic E-state index is 10.3. The molecule has 1 aromatic heterocycles. The molecule has 1 rings (SSSR count). The van der Waals surface area contributed by atoms with E-state index in [9.17, 15) is 4.79 Å². The quantitative estimate of drug-likeness (QED) is 0.604. The highest BCUT2D eigenvalue weighted by Gasteiger charge is 2.04. The highest BCUT2D eigenvalue weighted by Crippen LogP contribution is 1.98. The van der Waals surface area contributed by atoms with Crippen molar-refractivity contribution in [3.05, 3.63) is 16.4 Å². The number of aromatic nitrogens is 2. The van der Waals surface area contributed by atoms with Crippen molar-refractivity contribution in [1.82, 2.24) is 10.2 Å². The molecular formula is C4H8ClN3O2. The topological polar surface area (TPSA) is 84.9 Å². The van der Waals surface area contributed by atoms with Crippen molar-refractivity contribution >= 4 is 12.4 Å². The molecule has 0 aromatic carbocycles. The van der Waals surface area contributed by atoms with Gasteiger partial charge in [0.25, 0.3) is 0 Å². The molecule has 0 aliphatic rings. The lowest BCUT2D eigenvalue weighted by molar-refractivity contribution is 0.437. The number of hydrogen-bond acceptors (Lipinski definition) is 4. The van der Waals surface area contributed by atoms with Crippen LogP contribution in [0.15, 0.2) is 9.21 Å². The molecule has 1 aromatic rings. The summed E-state index contributed by atoms with van der Waals surface area (Å²) in [5.41, 5.74) is 5.31. The van der Waals surface area contributed by atoms with E-state index >= 15 is 0 Å². The van der Waals surface area contributed by atoms with Crippen LogP contribution in [0.1, 0.15) is 18.9 Å². The Labute approximate surface area is 63.0 Å². The minimum atomic E-state index is -0.567. The van der Waals surface area contributed by atoms with Gasteiger partial charge in [0, 0.05) is 0 Å². The molecule has 0 saturated carbocycles. The fraction of sp³-hybridized carbons (Fsp3) is 0.500. The van der Waals surface area contributed by atoms with Crippen LogP contribution >= 0.6 is 12.4 Å². The predicted octanol–water partition coefficient (Wildman–Crippen LogP) is -0.196. The molecule has 3 N–H and O–H groups in total. The number of rotatable bonds is 1. The van der Waals surface area contributed by atoms with Gasteiger partial charge in [0.15, 0.2) is 0 Å². The summed E-state index contributed by atoms with van der Waals surface area (Å²) in [6.45, 7) is 1.68. The Hall–Kier alpha value is -0.810. The molecule has 0 aliphatic carbocycles. The van der Waals surface area contributed by atoms with Crippen LogP contribution in [0.4, 0.5) is 0 Å². The number of aromatic amines is 1. The van der Waals surface area contributed by atoms with Crippen LogP contribution in [0.2, 0.25) is 0 Å². The van der Waals surface area contributed by atoms with E-state index in [1.54, 1.807) is 6.92 Å². The number of H-pyrrole nitrogens is 1. The van der Waals surface area contributed by atoms with Crippen LogP contribution in [0.3, 0.4) is 0 Å². The Morgan fingerprint density at radius 2 is 2.40 bits per heavy atom. The maximum absolute atomic E-state index is 10.3. The number of hydrogen-bond donors (Lipinski definition) is 2. The summed E-state index contributed by atoms with van der Waals surface area (Å²) in [4.78, 5) is 10.3. The van der Waals surface area contributed by atoms with Gasteiger partial charge in [0.05, 0.1) is 6.04 Å². The van der Waals surface area contributed by atoms with Crippen LogP contribution in [-0.4, -0.2) is 10.2 Å². The summed E-state index contributed by atoms with van der Waals surface area (Å²) >= 11 is 0. The molecule has 0 spiro atoms. The first-order valence-corrected chi connectivity index (χ1v) is 2.51. The van der Waals surface area contributed by atoms with Gasteiger partial charge in [-0.2, -0.15) is 0 Å². The van der Waals surface area contributed by atoms with Gasteiger partial charge in [-0.25, -0.2) is 9.89 Å². The molecule has 1 heterocycles. The second-order valence-electron chi connectivity index (χ2n) is 1.74. The zero-order valence-electron chi connectivity index (χ0n) is 5.33. The molecule has 0 aliphatic heterocycles. The summed E-state index contributed by atoms with van der Waals surface area (Å²) in [6, 6.07) is -0.330. The summed E-state index contributed by atoms with van der Waals surface area (Å²) < 4.78 is 4.50. The Bertz CT molecular complexity index is 241. The number of nitrogens with one attached hydrogen (secondary N) is 1.